The summed E-state index contributed by atoms with van der Waals surface area (Å²) in [7, 11) is 0. The zero-order valence-corrected chi connectivity index (χ0v) is 22.5. The normalized spacial score (nSPS) is 17.8. The van der Waals surface area contributed by atoms with Gasteiger partial charge in [0.25, 0.3) is 5.91 Å². The van der Waals surface area contributed by atoms with Gasteiger partial charge in [-0.1, -0.05) is 35.0 Å². The van der Waals surface area contributed by atoms with Crippen molar-refractivity contribution in [1.82, 2.24) is 14.8 Å². The van der Waals surface area contributed by atoms with Gasteiger partial charge in [0.2, 0.25) is 0 Å². The van der Waals surface area contributed by atoms with E-state index < -0.39 is 5.97 Å². The fourth-order valence-electron chi connectivity index (χ4n) is 4.28. The molecule has 10 heteroatoms. The quantitative estimate of drug-likeness (QED) is 0.366. The summed E-state index contributed by atoms with van der Waals surface area (Å²) >= 11 is 13.5. The van der Waals surface area contributed by atoms with E-state index in [4.69, 9.17) is 23.2 Å². The monoisotopic (exact) mass is 544 g/mol. The van der Waals surface area contributed by atoms with Crippen LogP contribution in [0.2, 0.25) is 10.0 Å². The molecule has 7 nitrogen and oxygen atoms in total. The van der Waals surface area contributed by atoms with Gasteiger partial charge in [-0.3, -0.25) is 4.79 Å². The molecule has 0 aliphatic heterocycles. The lowest BCUT2D eigenvalue weighted by Crippen LogP contribution is -2.43. The number of amides is 1. The highest BCUT2D eigenvalue weighted by Crippen LogP contribution is 2.39. The van der Waals surface area contributed by atoms with Crippen molar-refractivity contribution in [1.29, 1.82) is 0 Å². The van der Waals surface area contributed by atoms with Gasteiger partial charge < -0.3 is 10.0 Å². The molecule has 0 bridgehead atoms. The molecular weight excluding hydrogens is 519 g/mol. The van der Waals surface area contributed by atoms with Gasteiger partial charge in [0.05, 0.1) is 27.2 Å². The van der Waals surface area contributed by atoms with Crippen LogP contribution in [0.4, 0.5) is 5.69 Å². The lowest BCUT2D eigenvalue weighted by molar-refractivity contribution is 0.0702. The first-order valence-corrected chi connectivity index (χ1v) is 13.1. The number of aromatic carboxylic acids is 1. The molecule has 1 N–H and O–H groups in total. The van der Waals surface area contributed by atoms with Crippen molar-refractivity contribution in [2.75, 3.05) is 4.90 Å². The van der Waals surface area contributed by atoms with Crippen molar-refractivity contribution in [3.8, 4) is 11.8 Å². The van der Waals surface area contributed by atoms with Gasteiger partial charge >= 0.3 is 5.97 Å². The Morgan fingerprint density at radius 1 is 1.17 bits per heavy atom. The van der Waals surface area contributed by atoms with Gasteiger partial charge in [0, 0.05) is 16.5 Å². The first kappa shape index (κ1) is 26.2. The van der Waals surface area contributed by atoms with E-state index in [0.29, 0.717) is 28.4 Å². The van der Waals surface area contributed by atoms with Crippen LogP contribution in [0.1, 0.15) is 77.4 Å². The fraction of sp³-hybridized carbons (Fsp3) is 0.385. The van der Waals surface area contributed by atoms with Gasteiger partial charge in [-0.15, -0.1) is 11.3 Å². The number of benzene rings is 1. The molecule has 2 aromatic heterocycles. The standard InChI is InChI=1S/C26H26Cl2N4O3S/c1-26(2,3)11-10-19-13-22(23(36-19)25(34)35)32(24(33)20-9-4-16(27)12-21(20)28)18-7-5-17(6-8-18)31-15-29-14-30-31/h4,9,12-15,17-18H,5-8H2,1-3H3,(H,34,35)/t17-,18-. The van der Waals surface area contributed by atoms with Crippen molar-refractivity contribution in [3.05, 3.63) is 62.3 Å². The van der Waals surface area contributed by atoms with E-state index in [2.05, 4.69) is 21.9 Å². The Hall–Kier alpha value is -2.86. The van der Waals surface area contributed by atoms with Crippen LogP contribution < -0.4 is 4.90 Å². The number of rotatable bonds is 5. The number of carboxylic acids is 1. The van der Waals surface area contributed by atoms with Crippen LogP contribution >= 0.6 is 34.5 Å². The first-order chi connectivity index (χ1) is 17.0. The number of thiophene rings is 1. The number of carbonyl (C=O) groups is 2. The van der Waals surface area contributed by atoms with E-state index in [1.165, 1.54) is 12.4 Å². The summed E-state index contributed by atoms with van der Waals surface area (Å²) in [6.45, 7) is 5.95. The highest BCUT2D eigenvalue weighted by molar-refractivity contribution is 7.15. The van der Waals surface area contributed by atoms with Crippen LogP contribution in [-0.2, 0) is 0 Å². The van der Waals surface area contributed by atoms with E-state index in [1.807, 2.05) is 25.5 Å². The summed E-state index contributed by atoms with van der Waals surface area (Å²) in [4.78, 5) is 32.5. The number of halogens is 2. The molecule has 0 atom stereocenters. The topological polar surface area (TPSA) is 88.3 Å². The molecule has 0 spiro atoms. The van der Waals surface area contributed by atoms with E-state index >= 15 is 0 Å². The molecule has 0 saturated heterocycles. The number of nitrogens with zero attached hydrogens (tertiary/aromatic N) is 4. The highest BCUT2D eigenvalue weighted by Gasteiger charge is 2.35. The molecule has 36 heavy (non-hydrogen) atoms. The molecule has 1 aliphatic rings. The molecule has 3 aromatic rings. The number of hydrogen-bond acceptors (Lipinski definition) is 5. The van der Waals surface area contributed by atoms with Crippen LogP contribution in [-0.4, -0.2) is 37.8 Å². The van der Waals surface area contributed by atoms with Crippen molar-refractivity contribution < 1.29 is 14.7 Å². The molecule has 0 radical (unpaired) electrons. The summed E-state index contributed by atoms with van der Waals surface area (Å²) < 4.78 is 1.84. The Kier molecular flexibility index (Phi) is 7.74. The molecule has 1 saturated carbocycles. The Bertz CT molecular complexity index is 1330. The van der Waals surface area contributed by atoms with Gasteiger partial charge in [0.1, 0.15) is 17.5 Å². The maximum atomic E-state index is 13.9. The zero-order valence-electron chi connectivity index (χ0n) is 20.2. The number of anilines is 1. The minimum absolute atomic E-state index is 0.0741. The Balaban J connectivity index is 1.75. The molecular formula is C26H26Cl2N4O3S. The third-order valence-corrected chi connectivity index (χ3v) is 7.52. The minimum Gasteiger partial charge on any atom is -0.477 e. The van der Waals surface area contributed by atoms with Gasteiger partial charge in [-0.25, -0.2) is 14.5 Å². The highest BCUT2D eigenvalue weighted by atomic mass is 35.5. The zero-order chi connectivity index (χ0) is 26.0. The molecule has 2 heterocycles. The predicted octanol–water partition coefficient (Wildman–Crippen LogP) is 6.57. The van der Waals surface area contributed by atoms with Crippen LogP contribution in [0.5, 0.6) is 0 Å². The van der Waals surface area contributed by atoms with Crippen LogP contribution in [0.3, 0.4) is 0 Å². The van der Waals surface area contributed by atoms with Crippen LogP contribution in [0.15, 0.2) is 36.9 Å². The summed E-state index contributed by atoms with van der Waals surface area (Å²) in [6.07, 6.45) is 6.08. The van der Waals surface area contributed by atoms with Crippen molar-refractivity contribution in [2.45, 2.75) is 58.5 Å². The molecule has 0 unspecified atom stereocenters. The lowest BCUT2D eigenvalue weighted by atomic mass is 9.89. The van der Waals surface area contributed by atoms with Gasteiger partial charge in [0.15, 0.2) is 0 Å². The maximum Gasteiger partial charge on any atom is 0.348 e. The molecule has 1 aromatic carbocycles. The number of carbonyl (C=O) groups excluding carboxylic acids is 1. The molecule has 1 fully saturated rings. The molecule has 188 valence electrons. The number of carboxylic acid groups (broad SMARTS) is 1. The largest absolute Gasteiger partial charge is 0.477 e. The summed E-state index contributed by atoms with van der Waals surface area (Å²) in [5.41, 5.74) is 0.356. The van der Waals surface area contributed by atoms with E-state index in [9.17, 15) is 14.7 Å². The second kappa shape index (κ2) is 10.6. The maximum absolute atomic E-state index is 13.9. The molecule has 1 aliphatic carbocycles. The number of hydrogen-bond donors (Lipinski definition) is 1. The average molecular weight is 545 g/mol. The second-order valence-electron chi connectivity index (χ2n) is 9.77. The Labute approximate surface area is 224 Å². The summed E-state index contributed by atoms with van der Waals surface area (Å²) in [5.74, 6) is 4.77. The molecule has 4 rings (SSSR count). The van der Waals surface area contributed by atoms with Gasteiger partial charge in [-0.05, 0) is 70.7 Å². The van der Waals surface area contributed by atoms with E-state index in [0.717, 1.165) is 24.2 Å². The van der Waals surface area contributed by atoms with Crippen LogP contribution in [0, 0.1) is 17.3 Å². The van der Waals surface area contributed by atoms with Crippen molar-refractivity contribution in [3.63, 3.8) is 0 Å². The predicted molar refractivity (Wildman–Crippen MR) is 142 cm³/mol. The van der Waals surface area contributed by atoms with E-state index in [-0.39, 0.29) is 38.9 Å². The van der Waals surface area contributed by atoms with Gasteiger partial charge in [-0.2, -0.15) is 5.10 Å². The van der Waals surface area contributed by atoms with Crippen LogP contribution in [0.25, 0.3) is 0 Å². The van der Waals surface area contributed by atoms with Crippen molar-refractivity contribution >= 4 is 52.1 Å². The summed E-state index contributed by atoms with van der Waals surface area (Å²) in [6, 6.07) is 6.36. The SMILES string of the molecule is CC(C)(C)C#Cc1cc(N(C(=O)c2ccc(Cl)cc2Cl)[C@H]2CC[C@H](n3cncn3)CC2)c(C(=O)O)s1. The third kappa shape index (κ3) is 5.92. The lowest BCUT2D eigenvalue weighted by Gasteiger charge is -2.37. The van der Waals surface area contributed by atoms with Crippen molar-refractivity contribution in [2.24, 2.45) is 5.41 Å². The number of aromatic nitrogens is 3. The second-order valence-corrected chi connectivity index (χ2v) is 11.7. The Morgan fingerprint density at radius 3 is 2.47 bits per heavy atom. The molecule has 1 amide bonds. The third-order valence-electron chi connectivity index (χ3n) is 5.95. The first-order valence-electron chi connectivity index (χ1n) is 11.6. The fourth-order valence-corrected chi connectivity index (χ4v) is 5.61. The smallest absolute Gasteiger partial charge is 0.348 e. The summed E-state index contributed by atoms with van der Waals surface area (Å²) in [5, 5.41) is 14.9. The average Bonchev–Trinajstić information content (AvgIpc) is 3.49. The van der Waals surface area contributed by atoms with E-state index in [1.54, 1.807) is 29.4 Å². The minimum atomic E-state index is -1.10. The Morgan fingerprint density at radius 2 is 1.89 bits per heavy atom.